The Morgan fingerprint density at radius 2 is 1.84 bits per heavy atom. The highest BCUT2D eigenvalue weighted by Crippen LogP contribution is 2.26. The normalized spacial score (nSPS) is 10.8. The summed E-state index contributed by atoms with van der Waals surface area (Å²) in [5, 5.41) is 10.0. The number of hydrogen-bond donors (Lipinski definition) is 0. The van der Waals surface area contributed by atoms with Gasteiger partial charge in [-0.2, -0.15) is 0 Å². The average Bonchev–Trinajstić information content (AvgIpc) is 3.03. The van der Waals surface area contributed by atoms with Crippen LogP contribution in [0, 0.1) is 6.92 Å². The van der Waals surface area contributed by atoms with Crippen molar-refractivity contribution in [3.8, 4) is 11.4 Å². The van der Waals surface area contributed by atoms with Crippen molar-refractivity contribution in [2.75, 3.05) is 5.75 Å². The lowest BCUT2D eigenvalue weighted by Crippen LogP contribution is -2.05. The molecule has 0 amide bonds. The van der Waals surface area contributed by atoms with Gasteiger partial charge in [0.05, 0.1) is 5.75 Å². The topological polar surface area (TPSA) is 47.8 Å². The predicted molar refractivity (Wildman–Crippen MR) is 102 cm³/mol. The van der Waals surface area contributed by atoms with Gasteiger partial charge in [-0.3, -0.25) is 4.79 Å². The summed E-state index contributed by atoms with van der Waals surface area (Å²) < 4.78 is 2.04. The minimum atomic E-state index is 0.0461. The SMILES string of the molecule is CCn1c(SCC(=O)c2ccc(Cl)cc2)nnc1-c1ccccc1C. The first-order valence-corrected chi connectivity index (χ1v) is 9.37. The van der Waals surface area contributed by atoms with Crippen LogP contribution >= 0.6 is 23.4 Å². The van der Waals surface area contributed by atoms with Crippen molar-refractivity contribution in [1.82, 2.24) is 14.8 Å². The molecular weight excluding hydrogens is 354 g/mol. The predicted octanol–water partition coefficient (Wildman–Crippen LogP) is 4.90. The van der Waals surface area contributed by atoms with E-state index in [2.05, 4.69) is 30.1 Å². The lowest BCUT2D eigenvalue weighted by Gasteiger charge is -2.09. The first-order valence-electron chi connectivity index (χ1n) is 8.01. The maximum atomic E-state index is 12.3. The van der Waals surface area contributed by atoms with E-state index in [0.29, 0.717) is 16.3 Å². The molecule has 0 aliphatic heterocycles. The lowest BCUT2D eigenvalue weighted by atomic mass is 10.1. The van der Waals surface area contributed by atoms with Gasteiger partial charge in [0, 0.05) is 22.7 Å². The molecule has 128 valence electrons. The molecular formula is C19H18ClN3OS. The Balaban J connectivity index is 1.78. The van der Waals surface area contributed by atoms with E-state index in [-0.39, 0.29) is 5.78 Å². The van der Waals surface area contributed by atoms with Gasteiger partial charge in [0.1, 0.15) is 0 Å². The molecule has 0 radical (unpaired) electrons. The van der Waals surface area contributed by atoms with Crippen molar-refractivity contribution >= 4 is 29.1 Å². The summed E-state index contributed by atoms with van der Waals surface area (Å²) in [6.45, 7) is 4.85. The Morgan fingerprint density at radius 1 is 1.12 bits per heavy atom. The number of ketones is 1. The number of hydrogen-bond acceptors (Lipinski definition) is 4. The van der Waals surface area contributed by atoms with Crippen molar-refractivity contribution in [2.24, 2.45) is 0 Å². The highest BCUT2D eigenvalue weighted by Gasteiger charge is 2.16. The summed E-state index contributed by atoms with van der Waals surface area (Å²) in [5.41, 5.74) is 2.87. The summed E-state index contributed by atoms with van der Waals surface area (Å²) in [7, 11) is 0. The molecule has 0 unspecified atom stereocenters. The molecule has 0 saturated heterocycles. The highest BCUT2D eigenvalue weighted by molar-refractivity contribution is 7.99. The molecule has 1 heterocycles. The number of halogens is 1. The van der Waals surface area contributed by atoms with E-state index in [1.165, 1.54) is 11.8 Å². The molecule has 0 saturated carbocycles. The molecule has 0 spiro atoms. The molecule has 3 rings (SSSR count). The number of carbonyl (C=O) groups excluding carboxylic acids is 1. The second kappa shape index (κ2) is 7.85. The largest absolute Gasteiger partial charge is 0.302 e. The van der Waals surface area contributed by atoms with Gasteiger partial charge in [-0.15, -0.1) is 10.2 Å². The van der Waals surface area contributed by atoms with Crippen molar-refractivity contribution in [2.45, 2.75) is 25.5 Å². The van der Waals surface area contributed by atoms with Gasteiger partial charge in [0.25, 0.3) is 0 Å². The van der Waals surface area contributed by atoms with Gasteiger partial charge < -0.3 is 4.57 Å². The molecule has 4 nitrogen and oxygen atoms in total. The smallest absolute Gasteiger partial charge is 0.191 e. The van der Waals surface area contributed by atoms with Crippen LogP contribution in [0.3, 0.4) is 0 Å². The molecule has 0 aliphatic rings. The Morgan fingerprint density at radius 3 is 2.52 bits per heavy atom. The zero-order valence-electron chi connectivity index (χ0n) is 14.1. The third-order valence-corrected chi connectivity index (χ3v) is 5.14. The standard InChI is InChI=1S/C19H18ClN3OS/c1-3-23-18(16-7-5-4-6-13(16)2)21-22-19(23)25-12-17(24)14-8-10-15(20)11-9-14/h4-11H,3,12H2,1-2H3. The summed E-state index contributed by atoms with van der Waals surface area (Å²) in [5.74, 6) is 1.19. The van der Waals surface area contributed by atoms with Crippen molar-refractivity contribution in [1.29, 1.82) is 0 Å². The fourth-order valence-electron chi connectivity index (χ4n) is 2.55. The van der Waals surface area contributed by atoms with Crippen molar-refractivity contribution < 1.29 is 4.79 Å². The van der Waals surface area contributed by atoms with E-state index in [1.807, 2.05) is 22.8 Å². The molecule has 3 aromatic rings. The maximum absolute atomic E-state index is 12.3. The monoisotopic (exact) mass is 371 g/mol. The van der Waals surface area contributed by atoms with Gasteiger partial charge >= 0.3 is 0 Å². The van der Waals surface area contributed by atoms with Crippen LogP contribution in [-0.4, -0.2) is 26.3 Å². The number of thioether (sulfide) groups is 1. The zero-order valence-corrected chi connectivity index (χ0v) is 15.6. The van der Waals surface area contributed by atoms with E-state index in [9.17, 15) is 4.79 Å². The summed E-state index contributed by atoms with van der Waals surface area (Å²) in [6, 6.07) is 15.0. The minimum absolute atomic E-state index is 0.0461. The van der Waals surface area contributed by atoms with Crippen LogP contribution in [0.1, 0.15) is 22.8 Å². The fourth-order valence-corrected chi connectivity index (χ4v) is 3.58. The van der Waals surface area contributed by atoms with Crippen LogP contribution in [0.15, 0.2) is 53.7 Å². The molecule has 0 aliphatic carbocycles. The van der Waals surface area contributed by atoms with Gasteiger partial charge in [-0.1, -0.05) is 47.6 Å². The lowest BCUT2D eigenvalue weighted by molar-refractivity contribution is 0.102. The quantitative estimate of drug-likeness (QED) is 0.456. The summed E-state index contributed by atoms with van der Waals surface area (Å²) in [6.07, 6.45) is 0. The third-order valence-electron chi connectivity index (χ3n) is 3.92. The number of benzene rings is 2. The van der Waals surface area contributed by atoms with Crippen LogP contribution in [0.25, 0.3) is 11.4 Å². The minimum Gasteiger partial charge on any atom is -0.302 e. The number of Topliss-reactive ketones (excluding diaryl/α,β-unsaturated/α-hetero) is 1. The van der Waals surface area contributed by atoms with Crippen LogP contribution in [0.4, 0.5) is 0 Å². The van der Waals surface area contributed by atoms with Crippen LogP contribution in [0.2, 0.25) is 5.02 Å². The van der Waals surface area contributed by atoms with Crippen molar-refractivity contribution in [3.05, 3.63) is 64.7 Å². The molecule has 6 heteroatoms. The first kappa shape index (κ1) is 17.7. The number of nitrogens with zero attached hydrogens (tertiary/aromatic N) is 3. The van der Waals surface area contributed by atoms with Gasteiger partial charge in [-0.05, 0) is 43.7 Å². The van der Waals surface area contributed by atoms with Crippen molar-refractivity contribution in [3.63, 3.8) is 0 Å². The zero-order chi connectivity index (χ0) is 17.8. The highest BCUT2D eigenvalue weighted by atomic mass is 35.5. The summed E-state index contributed by atoms with van der Waals surface area (Å²) in [4.78, 5) is 12.3. The molecule has 25 heavy (non-hydrogen) atoms. The maximum Gasteiger partial charge on any atom is 0.191 e. The Hall–Kier alpha value is -2.11. The molecule has 0 N–H and O–H groups in total. The molecule has 0 bridgehead atoms. The first-order chi connectivity index (χ1) is 12.1. The van der Waals surface area contributed by atoms with E-state index in [0.717, 1.165) is 28.7 Å². The van der Waals surface area contributed by atoms with E-state index >= 15 is 0 Å². The number of aromatic nitrogens is 3. The second-order valence-electron chi connectivity index (χ2n) is 5.58. The number of rotatable bonds is 6. The van der Waals surface area contributed by atoms with E-state index < -0.39 is 0 Å². The Kier molecular flexibility index (Phi) is 5.56. The molecule has 0 atom stereocenters. The Bertz CT molecular complexity index is 890. The third kappa shape index (κ3) is 3.94. The average molecular weight is 372 g/mol. The number of aryl methyl sites for hydroxylation is 1. The molecule has 2 aromatic carbocycles. The van der Waals surface area contributed by atoms with Crippen LogP contribution in [-0.2, 0) is 6.54 Å². The van der Waals surface area contributed by atoms with Gasteiger partial charge in [-0.25, -0.2) is 0 Å². The van der Waals surface area contributed by atoms with Gasteiger partial charge in [0.2, 0.25) is 0 Å². The Labute approximate surface area is 156 Å². The van der Waals surface area contributed by atoms with Gasteiger partial charge in [0.15, 0.2) is 16.8 Å². The van der Waals surface area contributed by atoms with Crippen LogP contribution in [0.5, 0.6) is 0 Å². The fraction of sp³-hybridized carbons (Fsp3) is 0.211. The van der Waals surface area contributed by atoms with E-state index in [4.69, 9.17) is 11.6 Å². The molecule has 1 aromatic heterocycles. The summed E-state index contributed by atoms with van der Waals surface area (Å²) >= 11 is 7.27. The second-order valence-corrected chi connectivity index (χ2v) is 6.96. The number of carbonyl (C=O) groups is 1. The van der Waals surface area contributed by atoms with Crippen LogP contribution < -0.4 is 0 Å². The van der Waals surface area contributed by atoms with E-state index in [1.54, 1.807) is 24.3 Å². The molecule has 0 fully saturated rings.